The van der Waals surface area contributed by atoms with Gasteiger partial charge in [-0.1, -0.05) is 24.3 Å². The Labute approximate surface area is 130 Å². The standard InChI is InChI=1S/C17H22N2O3/c1-18-16(20)11-15(17(18)21)10-13-2-4-14(5-3-13)12-19-6-8-22-9-7-19/h2-5,15H,6-12H2,1H3. The van der Waals surface area contributed by atoms with Gasteiger partial charge in [-0.25, -0.2) is 0 Å². The summed E-state index contributed by atoms with van der Waals surface area (Å²) >= 11 is 0. The van der Waals surface area contributed by atoms with Gasteiger partial charge in [-0.2, -0.15) is 0 Å². The fourth-order valence-electron chi connectivity index (χ4n) is 3.07. The Bertz CT molecular complexity index is 550. The smallest absolute Gasteiger partial charge is 0.232 e. The van der Waals surface area contributed by atoms with Crippen molar-refractivity contribution >= 4 is 11.8 Å². The minimum absolute atomic E-state index is 0.0533. The Morgan fingerprint density at radius 2 is 1.73 bits per heavy atom. The Balaban J connectivity index is 1.57. The van der Waals surface area contributed by atoms with Crippen LogP contribution in [0, 0.1) is 5.92 Å². The summed E-state index contributed by atoms with van der Waals surface area (Å²) in [6.45, 7) is 4.51. The molecular formula is C17H22N2O3. The van der Waals surface area contributed by atoms with Crippen molar-refractivity contribution in [1.82, 2.24) is 9.80 Å². The summed E-state index contributed by atoms with van der Waals surface area (Å²) in [5, 5.41) is 0. The molecule has 0 spiro atoms. The van der Waals surface area contributed by atoms with Crippen molar-refractivity contribution < 1.29 is 14.3 Å². The molecule has 118 valence electrons. The van der Waals surface area contributed by atoms with E-state index in [2.05, 4.69) is 29.2 Å². The molecule has 5 nitrogen and oxygen atoms in total. The number of carbonyl (C=O) groups excluding carboxylic acids is 2. The fourth-order valence-corrected chi connectivity index (χ4v) is 3.07. The van der Waals surface area contributed by atoms with E-state index in [-0.39, 0.29) is 17.7 Å². The van der Waals surface area contributed by atoms with Gasteiger partial charge in [-0.3, -0.25) is 19.4 Å². The van der Waals surface area contributed by atoms with Crippen LogP contribution in [-0.4, -0.2) is 55.0 Å². The van der Waals surface area contributed by atoms with Gasteiger partial charge in [0.05, 0.1) is 19.1 Å². The number of hydrogen-bond acceptors (Lipinski definition) is 4. The fraction of sp³-hybridized carbons (Fsp3) is 0.529. The minimum atomic E-state index is -0.192. The van der Waals surface area contributed by atoms with Gasteiger partial charge in [0.2, 0.25) is 11.8 Å². The third-order valence-corrected chi connectivity index (χ3v) is 4.49. The first-order chi connectivity index (χ1) is 10.6. The van der Waals surface area contributed by atoms with E-state index in [1.807, 2.05) is 0 Å². The zero-order chi connectivity index (χ0) is 15.5. The summed E-state index contributed by atoms with van der Waals surface area (Å²) in [6.07, 6.45) is 0.984. The van der Waals surface area contributed by atoms with Crippen LogP contribution in [0.3, 0.4) is 0 Å². The molecule has 0 aliphatic carbocycles. The SMILES string of the molecule is CN1C(=O)CC(Cc2ccc(CN3CCOCC3)cc2)C1=O. The van der Waals surface area contributed by atoms with Crippen LogP contribution in [0.5, 0.6) is 0 Å². The molecule has 1 atom stereocenters. The summed E-state index contributed by atoms with van der Waals surface area (Å²) in [6, 6.07) is 8.39. The van der Waals surface area contributed by atoms with Crippen LogP contribution < -0.4 is 0 Å². The molecule has 0 aromatic heterocycles. The van der Waals surface area contributed by atoms with E-state index >= 15 is 0 Å². The largest absolute Gasteiger partial charge is 0.379 e. The number of ether oxygens (including phenoxy) is 1. The van der Waals surface area contributed by atoms with E-state index in [9.17, 15) is 9.59 Å². The van der Waals surface area contributed by atoms with Gasteiger partial charge in [-0.05, 0) is 17.5 Å². The molecule has 5 heteroatoms. The van der Waals surface area contributed by atoms with Crippen molar-refractivity contribution in [2.24, 2.45) is 5.92 Å². The molecule has 2 fully saturated rings. The molecule has 0 radical (unpaired) electrons. The average Bonchev–Trinajstić information content (AvgIpc) is 2.77. The Morgan fingerprint density at radius 3 is 2.32 bits per heavy atom. The molecule has 1 aromatic carbocycles. The molecular weight excluding hydrogens is 280 g/mol. The van der Waals surface area contributed by atoms with Crippen LogP contribution >= 0.6 is 0 Å². The topological polar surface area (TPSA) is 49.9 Å². The molecule has 0 saturated carbocycles. The van der Waals surface area contributed by atoms with E-state index in [4.69, 9.17) is 4.74 Å². The lowest BCUT2D eigenvalue weighted by atomic mass is 9.97. The molecule has 2 aliphatic heterocycles. The third kappa shape index (κ3) is 3.36. The normalized spacial score (nSPS) is 23.3. The van der Waals surface area contributed by atoms with Crippen molar-refractivity contribution in [3.05, 3.63) is 35.4 Å². The molecule has 2 aliphatic rings. The first-order valence-electron chi connectivity index (χ1n) is 7.82. The maximum absolute atomic E-state index is 11.9. The highest BCUT2D eigenvalue weighted by Crippen LogP contribution is 2.22. The van der Waals surface area contributed by atoms with Crippen molar-refractivity contribution in [3.63, 3.8) is 0 Å². The zero-order valence-corrected chi connectivity index (χ0v) is 13.0. The van der Waals surface area contributed by atoms with Crippen LogP contribution in [0.2, 0.25) is 0 Å². The van der Waals surface area contributed by atoms with E-state index in [0.29, 0.717) is 12.8 Å². The molecule has 2 heterocycles. The van der Waals surface area contributed by atoms with Crippen LogP contribution in [0.25, 0.3) is 0 Å². The van der Waals surface area contributed by atoms with Gasteiger partial charge in [0.1, 0.15) is 0 Å². The number of nitrogens with zero attached hydrogens (tertiary/aromatic N) is 2. The first-order valence-corrected chi connectivity index (χ1v) is 7.82. The molecule has 3 rings (SSSR count). The van der Waals surface area contributed by atoms with E-state index in [1.54, 1.807) is 7.05 Å². The molecule has 1 aromatic rings. The summed E-state index contributed by atoms with van der Waals surface area (Å²) in [7, 11) is 1.57. The van der Waals surface area contributed by atoms with Crippen LogP contribution in [0.4, 0.5) is 0 Å². The van der Waals surface area contributed by atoms with E-state index < -0.39 is 0 Å². The second-order valence-corrected chi connectivity index (χ2v) is 6.10. The summed E-state index contributed by atoms with van der Waals surface area (Å²) < 4.78 is 5.35. The number of rotatable bonds is 4. The number of imide groups is 1. The molecule has 1 unspecified atom stereocenters. The van der Waals surface area contributed by atoms with Gasteiger partial charge < -0.3 is 4.74 Å². The number of benzene rings is 1. The molecule has 2 amide bonds. The predicted molar refractivity (Wildman–Crippen MR) is 82.1 cm³/mol. The number of morpholine rings is 1. The van der Waals surface area contributed by atoms with Crippen molar-refractivity contribution in [2.45, 2.75) is 19.4 Å². The quantitative estimate of drug-likeness (QED) is 0.781. The van der Waals surface area contributed by atoms with Crippen LogP contribution in [0.15, 0.2) is 24.3 Å². The minimum Gasteiger partial charge on any atom is -0.379 e. The molecule has 0 bridgehead atoms. The highest BCUT2D eigenvalue weighted by molar-refractivity contribution is 6.03. The molecule has 22 heavy (non-hydrogen) atoms. The lowest BCUT2D eigenvalue weighted by molar-refractivity contribution is -0.137. The van der Waals surface area contributed by atoms with E-state index in [0.717, 1.165) is 38.4 Å². The third-order valence-electron chi connectivity index (χ3n) is 4.49. The van der Waals surface area contributed by atoms with Crippen LogP contribution in [-0.2, 0) is 27.3 Å². The zero-order valence-electron chi connectivity index (χ0n) is 13.0. The monoisotopic (exact) mass is 302 g/mol. The maximum Gasteiger partial charge on any atom is 0.232 e. The second-order valence-electron chi connectivity index (χ2n) is 6.10. The lowest BCUT2D eigenvalue weighted by Crippen LogP contribution is -2.35. The summed E-state index contributed by atoms with van der Waals surface area (Å²) in [5.41, 5.74) is 2.39. The number of likely N-dealkylation sites (tertiary alicyclic amines) is 1. The predicted octanol–water partition coefficient (Wildman–Crippen LogP) is 1.07. The number of carbonyl (C=O) groups is 2. The lowest BCUT2D eigenvalue weighted by Gasteiger charge is -2.26. The van der Waals surface area contributed by atoms with Gasteiger partial charge in [0, 0.05) is 33.1 Å². The second kappa shape index (κ2) is 6.58. The molecule has 2 saturated heterocycles. The first kappa shape index (κ1) is 15.2. The number of amides is 2. The summed E-state index contributed by atoms with van der Waals surface area (Å²) in [5.74, 6) is -0.316. The van der Waals surface area contributed by atoms with Gasteiger partial charge in [0.15, 0.2) is 0 Å². The Hall–Kier alpha value is -1.72. The molecule has 0 N–H and O–H groups in total. The van der Waals surface area contributed by atoms with Crippen molar-refractivity contribution in [1.29, 1.82) is 0 Å². The van der Waals surface area contributed by atoms with Crippen molar-refractivity contribution in [2.75, 3.05) is 33.4 Å². The highest BCUT2D eigenvalue weighted by atomic mass is 16.5. The highest BCUT2D eigenvalue weighted by Gasteiger charge is 2.35. The Kier molecular flexibility index (Phi) is 4.55. The average molecular weight is 302 g/mol. The van der Waals surface area contributed by atoms with Gasteiger partial charge in [0.25, 0.3) is 0 Å². The van der Waals surface area contributed by atoms with E-state index in [1.165, 1.54) is 10.5 Å². The Morgan fingerprint density at radius 1 is 1.09 bits per heavy atom. The number of hydrogen-bond donors (Lipinski definition) is 0. The van der Waals surface area contributed by atoms with Gasteiger partial charge in [-0.15, -0.1) is 0 Å². The maximum atomic E-state index is 11.9. The van der Waals surface area contributed by atoms with Gasteiger partial charge >= 0.3 is 0 Å². The van der Waals surface area contributed by atoms with Crippen LogP contribution in [0.1, 0.15) is 17.5 Å². The van der Waals surface area contributed by atoms with Crippen molar-refractivity contribution in [3.8, 4) is 0 Å². The summed E-state index contributed by atoms with van der Waals surface area (Å²) in [4.78, 5) is 27.1.